The van der Waals surface area contributed by atoms with Crippen LogP contribution >= 0.6 is 11.8 Å². The van der Waals surface area contributed by atoms with Crippen molar-refractivity contribution in [3.05, 3.63) is 0 Å². The van der Waals surface area contributed by atoms with Crippen LogP contribution in [-0.4, -0.2) is 46.7 Å². The lowest BCUT2D eigenvalue weighted by molar-refractivity contribution is 0.128. The van der Waals surface area contributed by atoms with Gasteiger partial charge in [-0.15, -0.1) is 0 Å². The second-order valence-electron chi connectivity index (χ2n) is 3.51. The van der Waals surface area contributed by atoms with Crippen LogP contribution in [0.2, 0.25) is 0 Å². The number of β-amino-alcohol motifs (C(OH)–C–C–N with tert-alkyl or cyclic N) is 1. The molecule has 1 aliphatic rings. The molecule has 0 aliphatic carbocycles. The van der Waals surface area contributed by atoms with Crippen molar-refractivity contribution in [1.82, 2.24) is 4.90 Å². The highest BCUT2D eigenvalue weighted by Gasteiger charge is 2.19. The summed E-state index contributed by atoms with van der Waals surface area (Å²) < 4.78 is 0. The first kappa shape index (κ1) is 10.4. The van der Waals surface area contributed by atoms with Gasteiger partial charge in [0.05, 0.1) is 6.10 Å². The number of thioether (sulfide) groups is 1. The summed E-state index contributed by atoms with van der Waals surface area (Å²) in [6.07, 6.45) is 1.08. The Kier molecular flexibility index (Phi) is 4.40. The summed E-state index contributed by atoms with van der Waals surface area (Å²) in [5.74, 6) is 1.23. The van der Waals surface area contributed by atoms with Crippen molar-refractivity contribution in [2.45, 2.75) is 31.6 Å². The molecule has 0 saturated carbocycles. The van der Waals surface area contributed by atoms with Gasteiger partial charge in [0.25, 0.3) is 0 Å². The third-order valence-electron chi connectivity index (χ3n) is 2.20. The SMILES string of the molecule is CCC1CN(CC(C)O)CCS1. The van der Waals surface area contributed by atoms with Gasteiger partial charge in [0.15, 0.2) is 0 Å². The molecule has 0 radical (unpaired) electrons. The standard InChI is InChI=1S/C9H19NOS/c1-3-9-7-10(4-5-12-9)6-8(2)11/h8-9,11H,3-7H2,1-2H3. The Hall–Kier alpha value is 0.270. The number of hydrogen-bond acceptors (Lipinski definition) is 3. The Morgan fingerprint density at radius 2 is 2.42 bits per heavy atom. The molecule has 1 aliphatic heterocycles. The minimum Gasteiger partial charge on any atom is -0.392 e. The Labute approximate surface area is 79.3 Å². The van der Waals surface area contributed by atoms with Crippen molar-refractivity contribution in [3.63, 3.8) is 0 Å². The minimum absolute atomic E-state index is 0.175. The van der Waals surface area contributed by atoms with Gasteiger partial charge in [-0.2, -0.15) is 11.8 Å². The van der Waals surface area contributed by atoms with E-state index >= 15 is 0 Å². The van der Waals surface area contributed by atoms with Crippen LogP contribution in [0.15, 0.2) is 0 Å². The fraction of sp³-hybridized carbons (Fsp3) is 1.00. The van der Waals surface area contributed by atoms with Crippen LogP contribution in [0.3, 0.4) is 0 Å². The summed E-state index contributed by atoms with van der Waals surface area (Å²) >= 11 is 2.07. The van der Waals surface area contributed by atoms with E-state index in [1.54, 1.807) is 0 Å². The first-order valence-electron chi connectivity index (χ1n) is 4.74. The highest BCUT2D eigenvalue weighted by Crippen LogP contribution is 2.20. The molecular formula is C9H19NOS. The van der Waals surface area contributed by atoms with Crippen LogP contribution in [0.25, 0.3) is 0 Å². The highest BCUT2D eigenvalue weighted by atomic mass is 32.2. The smallest absolute Gasteiger partial charge is 0.0639 e. The third-order valence-corrected chi connectivity index (χ3v) is 3.57. The first-order valence-corrected chi connectivity index (χ1v) is 5.79. The van der Waals surface area contributed by atoms with E-state index in [9.17, 15) is 5.11 Å². The maximum Gasteiger partial charge on any atom is 0.0639 e. The molecule has 1 saturated heterocycles. The molecule has 1 heterocycles. The van der Waals surface area contributed by atoms with E-state index < -0.39 is 0 Å². The van der Waals surface area contributed by atoms with E-state index in [-0.39, 0.29) is 6.10 Å². The van der Waals surface area contributed by atoms with Gasteiger partial charge < -0.3 is 5.11 Å². The van der Waals surface area contributed by atoms with Crippen LogP contribution in [-0.2, 0) is 0 Å². The Balaban J connectivity index is 2.25. The van der Waals surface area contributed by atoms with Crippen LogP contribution in [0.4, 0.5) is 0 Å². The lowest BCUT2D eigenvalue weighted by Gasteiger charge is -2.32. The molecule has 2 unspecified atom stereocenters. The van der Waals surface area contributed by atoms with Gasteiger partial charge in [0.1, 0.15) is 0 Å². The largest absolute Gasteiger partial charge is 0.392 e. The van der Waals surface area contributed by atoms with E-state index in [0.29, 0.717) is 0 Å². The van der Waals surface area contributed by atoms with E-state index in [0.717, 1.165) is 24.9 Å². The van der Waals surface area contributed by atoms with Gasteiger partial charge in [0.2, 0.25) is 0 Å². The second kappa shape index (κ2) is 5.10. The Morgan fingerprint density at radius 1 is 1.67 bits per heavy atom. The van der Waals surface area contributed by atoms with Crippen molar-refractivity contribution in [3.8, 4) is 0 Å². The van der Waals surface area contributed by atoms with Gasteiger partial charge in [0, 0.05) is 30.6 Å². The number of aliphatic hydroxyl groups is 1. The quantitative estimate of drug-likeness (QED) is 0.721. The zero-order chi connectivity index (χ0) is 8.97. The topological polar surface area (TPSA) is 23.5 Å². The minimum atomic E-state index is -0.175. The number of nitrogens with zero attached hydrogens (tertiary/aromatic N) is 1. The fourth-order valence-electron chi connectivity index (χ4n) is 1.57. The normalized spacial score (nSPS) is 28.8. The summed E-state index contributed by atoms with van der Waals surface area (Å²) in [6, 6.07) is 0. The molecule has 2 nitrogen and oxygen atoms in total. The Bertz CT molecular complexity index is 130. The molecule has 0 spiro atoms. The monoisotopic (exact) mass is 189 g/mol. The van der Waals surface area contributed by atoms with E-state index in [4.69, 9.17) is 0 Å². The molecule has 1 fully saturated rings. The summed E-state index contributed by atoms with van der Waals surface area (Å²) in [6.45, 7) is 7.25. The number of aliphatic hydroxyl groups excluding tert-OH is 1. The molecule has 0 amide bonds. The van der Waals surface area contributed by atoms with E-state index in [1.807, 2.05) is 6.92 Å². The lowest BCUT2D eigenvalue weighted by atomic mass is 10.2. The molecular weight excluding hydrogens is 170 g/mol. The van der Waals surface area contributed by atoms with Gasteiger partial charge >= 0.3 is 0 Å². The molecule has 2 atom stereocenters. The lowest BCUT2D eigenvalue weighted by Crippen LogP contribution is -2.41. The summed E-state index contributed by atoms with van der Waals surface area (Å²) in [7, 11) is 0. The molecule has 1 rings (SSSR count). The van der Waals surface area contributed by atoms with Crippen LogP contribution in [0, 0.1) is 0 Å². The molecule has 3 heteroatoms. The Morgan fingerprint density at radius 3 is 3.00 bits per heavy atom. The van der Waals surface area contributed by atoms with E-state index in [2.05, 4.69) is 23.6 Å². The van der Waals surface area contributed by atoms with Crippen LogP contribution in [0.5, 0.6) is 0 Å². The summed E-state index contributed by atoms with van der Waals surface area (Å²) in [4.78, 5) is 2.37. The summed E-state index contributed by atoms with van der Waals surface area (Å²) in [5.41, 5.74) is 0. The van der Waals surface area contributed by atoms with Crippen molar-refractivity contribution in [2.75, 3.05) is 25.4 Å². The summed E-state index contributed by atoms with van der Waals surface area (Å²) in [5, 5.41) is 10.0. The average molecular weight is 189 g/mol. The van der Waals surface area contributed by atoms with Crippen LogP contribution < -0.4 is 0 Å². The van der Waals surface area contributed by atoms with Crippen molar-refractivity contribution in [2.24, 2.45) is 0 Å². The zero-order valence-electron chi connectivity index (χ0n) is 7.99. The van der Waals surface area contributed by atoms with Gasteiger partial charge in [-0.05, 0) is 13.3 Å². The molecule has 1 N–H and O–H groups in total. The molecule has 72 valence electrons. The van der Waals surface area contributed by atoms with Gasteiger partial charge in [-0.1, -0.05) is 6.92 Å². The first-order chi connectivity index (χ1) is 5.72. The fourth-order valence-corrected chi connectivity index (χ4v) is 2.82. The van der Waals surface area contributed by atoms with Gasteiger partial charge in [-0.25, -0.2) is 0 Å². The molecule has 12 heavy (non-hydrogen) atoms. The number of hydrogen-bond donors (Lipinski definition) is 1. The van der Waals surface area contributed by atoms with Crippen LogP contribution in [0.1, 0.15) is 20.3 Å². The molecule has 0 aromatic rings. The average Bonchev–Trinajstić information content (AvgIpc) is 2.03. The predicted molar refractivity (Wildman–Crippen MR) is 54.7 cm³/mol. The van der Waals surface area contributed by atoms with Crippen molar-refractivity contribution >= 4 is 11.8 Å². The maximum absolute atomic E-state index is 9.22. The maximum atomic E-state index is 9.22. The van der Waals surface area contributed by atoms with Gasteiger partial charge in [-0.3, -0.25) is 4.90 Å². The predicted octanol–water partition coefficient (Wildman–Crippen LogP) is 1.19. The number of rotatable bonds is 3. The van der Waals surface area contributed by atoms with Crippen molar-refractivity contribution < 1.29 is 5.11 Å². The molecule has 0 bridgehead atoms. The van der Waals surface area contributed by atoms with E-state index in [1.165, 1.54) is 12.2 Å². The zero-order valence-corrected chi connectivity index (χ0v) is 8.81. The second-order valence-corrected chi connectivity index (χ2v) is 4.92. The molecule has 0 aromatic carbocycles. The highest BCUT2D eigenvalue weighted by molar-refractivity contribution is 8.00. The molecule has 0 aromatic heterocycles. The van der Waals surface area contributed by atoms with Crippen molar-refractivity contribution in [1.29, 1.82) is 0 Å². The third kappa shape index (κ3) is 3.33.